The second-order valence-corrected chi connectivity index (χ2v) is 10.3. The third-order valence-corrected chi connectivity index (χ3v) is 7.48. The Balaban J connectivity index is 1.60. The average molecular weight is 469 g/mol. The van der Waals surface area contributed by atoms with Gasteiger partial charge in [-0.1, -0.05) is 19.3 Å². The molecular formula is C27H36N2O3S. The molecule has 1 N–H and O–H groups in total. The monoisotopic (exact) mass is 468 g/mol. The number of carbonyl (C=O) groups excluding carboxylic acids is 1. The number of amides is 1. The molecule has 0 aliphatic heterocycles. The lowest BCUT2D eigenvalue weighted by atomic mass is 9.93. The van der Waals surface area contributed by atoms with Crippen molar-refractivity contribution in [1.82, 2.24) is 5.32 Å². The summed E-state index contributed by atoms with van der Waals surface area (Å²) in [4.78, 5) is 19.5. The molecule has 1 amide bonds. The molecule has 2 aromatic rings. The van der Waals surface area contributed by atoms with Crippen LogP contribution in [0.1, 0.15) is 92.1 Å². The summed E-state index contributed by atoms with van der Waals surface area (Å²) >= 11 is 1.68. The van der Waals surface area contributed by atoms with Crippen molar-refractivity contribution in [2.75, 3.05) is 6.61 Å². The zero-order valence-electron chi connectivity index (χ0n) is 20.1. The number of hydrogen-bond donors (Lipinski definition) is 1. The van der Waals surface area contributed by atoms with Crippen LogP contribution < -0.4 is 14.8 Å². The molecule has 1 saturated carbocycles. The molecule has 33 heavy (non-hydrogen) atoms. The lowest BCUT2D eigenvalue weighted by molar-refractivity contribution is 0.0927. The van der Waals surface area contributed by atoms with Crippen molar-refractivity contribution in [1.29, 1.82) is 0 Å². The number of carbonyl (C=O) groups is 1. The number of benzene rings is 1. The normalized spacial score (nSPS) is 16.7. The predicted octanol–water partition coefficient (Wildman–Crippen LogP) is 6.63. The van der Waals surface area contributed by atoms with Crippen molar-refractivity contribution < 1.29 is 14.3 Å². The smallest absolute Gasteiger partial charge is 0.254 e. The van der Waals surface area contributed by atoms with E-state index in [9.17, 15) is 4.79 Å². The number of hydrogen-bond acceptors (Lipinski definition) is 5. The van der Waals surface area contributed by atoms with Gasteiger partial charge in [0.1, 0.15) is 5.00 Å². The third kappa shape index (κ3) is 5.97. The van der Waals surface area contributed by atoms with Gasteiger partial charge in [-0.25, -0.2) is 4.99 Å². The van der Waals surface area contributed by atoms with E-state index in [0.29, 0.717) is 12.6 Å². The Labute approximate surface area is 201 Å². The zero-order valence-corrected chi connectivity index (χ0v) is 20.9. The molecule has 1 heterocycles. The molecule has 4 rings (SSSR count). The molecule has 0 saturated heterocycles. The highest BCUT2D eigenvalue weighted by Gasteiger charge is 2.27. The Bertz CT molecular complexity index is 989. The van der Waals surface area contributed by atoms with Crippen molar-refractivity contribution >= 4 is 28.5 Å². The van der Waals surface area contributed by atoms with Gasteiger partial charge in [0.25, 0.3) is 5.91 Å². The molecule has 1 aromatic heterocycles. The molecule has 0 spiro atoms. The van der Waals surface area contributed by atoms with Crippen molar-refractivity contribution in [2.24, 2.45) is 4.99 Å². The molecular weight excluding hydrogens is 432 g/mol. The van der Waals surface area contributed by atoms with Gasteiger partial charge in [0, 0.05) is 17.1 Å². The van der Waals surface area contributed by atoms with Gasteiger partial charge in [0.15, 0.2) is 11.5 Å². The summed E-state index contributed by atoms with van der Waals surface area (Å²) in [5, 5.41) is 4.15. The molecule has 2 aliphatic carbocycles. The quantitative estimate of drug-likeness (QED) is 0.443. The van der Waals surface area contributed by atoms with Crippen LogP contribution in [0, 0.1) is 0 Å². The second-order valence-electron chi connectivity index (χ2n) is 9.26. The molecule has 0 bridgehead atoms. The number of nitrogens with zero attached hydrogens (tertiary/aromatic N) is 1. The molecule has 6 heteroatoms. The number of rotatable bonds is 8. The molecule has 0 atom stereocenters. The van der Waals surface area contributed by atoms with E-state index in [4.69, 9.17) is 14.5 Å². The molecule has 2 aliphatic rings. The molecule has 0 unspecified atom stereocenters. The van der Waals surface area contributed by atoms with E-state index >= 15 is 0 Å². The van der Waals surface area contributed by atoms with Crippen LogP contribution in [0.2, 0.25) is 0 Å². The summed E-state index contributed by atoms with van der Waals surface area (Å²) in [6.07, 6.45) is 12.1. The van der Waals surface area contributed by atoms with Crippen LogP contribution in [0.15, 0.2) is 23.2 Å². The van der Waals surface area contributed by atoms with Crippen LogP contribution in [0.4, 0.5) is 5.00 Å². The molecule has 1 aromatic carbocycles. The van der Waals surface area contributed by atoms with Gasteiger partial charge >= 0.3 is 0 Å². The van der Waals surface area contributed by atoms with Crippen LogP contribution >= 0.6 is 11.3 Å². The summed E-state index contributed by atoms with van der Waals surface area (Å²) in [5.74, 6) is 1.52. The van der Waals surface area contributed by atoms with Gasteiger partial charge in [-0.15, -0.1) is 11.3 Å². The Hall–Kier alpha value is -2.34. The van der Waals surface area contributed by atoms with E-state index in [-0.39, 0.29) is 12.0 Å². The summed E-state index contributed by atoms with van der Waals surface area (Å²) in [5.41, 5.74) is 2.96. The maximum Gasteiger partial charge on any atom is 0.254 e. The fraction of sp³-hybridized carbons (Fsp3) is 0.556. The number of aliphatic imine (C=N–C) groups is 1. The summed E-state index contributed by atoms with van der Waals surface area (Å²) in [6, 6.07) is 6.17. The highest BCUT2D eigenvalue weighted by atomic mass is 32.1. The molecule has 0 radical (unpaired) electrons. The van der Waals surface area contributed by atoms with E-state index in [1.54, 1.807) is 11.3 Å². The molecule has 1 fully saturated rings. The summed E-state index contributed by atoms with van der Waals surface area (Å²) in [6.45, 7) is 6.54. The highest BCUT2D eigenvalue weighted by molar-refractivity contribution is 7.16. The van der Waals surface area contributed by atoms with Gasteiger partial charge in [0.05, 0.1) is 18.3 Å². The van der Waals surface area contributed by atoms with Crippen molar-refractivity contribution in [3.8, 4) is 11.5 Å². The topological polar surface area (TPSA) is 59.9 Å². The zero-order chi connectivity index (χ0) is 23.2. The van der Waals surface area contributed by atoms with E-state index in [1.807, 2.05) is 45.2 Å². The highest BCUT2D eigenvalue weighted by Crippen LogP contribution is 2.40. The van der Waals surface area contributed by atoms with Crippen molar-refractivity contribution in [3.63, 3.8) is 0 Å². The van der Waals surface area contributed by atoms with Crippen LogP contribution in [0.25, 0.3) is 0 Å². The minimum Gasteiger partial charge on any atom is -0.490 e. The van der Waals surface area contributed by atoms with E-state index in [0.717, 1.165) is 59.7 Å². The minimum absolute atomic E-state index is 0.0594. The summed E-state index contributed by atoms with van der Waals surface area (Å²) < 4.78 is 11.7. The number of nitrogens with one attached hydrogen (secondary N) is 1. The number of ether oxygens (including phenoxy) is 2. The first kappa shape index (κ1) is 23.8. The van der Waals surface area contributed by atoms with E-state index in [2.05, 4.69) is 5.32 Å². The van der Waals surface area contributed by atoms with E-state index in [1.165, 1.54) is 36.1 Å². The largest absolute Gasteiger partial charge is 0.490 e. The van der Waals surface area contributed by atoms with Crippen LogP contribution in [-0.4, -0.2) is 30.9 Å². The van der Waals surface area contributed by atoms with Gasteiger partial charge in [-0.05, 0) is 88.6 Å². The van der Waals surface area contributed by atoms with Crippen LogP contribution in [0.3, 0.4) is 0 Å². The minimum atomic E-state index is 0.0594. The first-order valence-corrected chi connectivity index (χ1v) is 13.3. The molecule has 178 valence electrons. The summed E-state index contributed by atoms with van der Waals surface area (Å²) in [7, 11) is 0. The number of aryl methyl sites for hydroxylation is 1. The van der Waals surface area contributed by atoms with Crippen LogP contribution in [-0.2, 0) is 12.8 Å². The maximum atomic E-state index is 13.3. The van der Waals surface area contributed by atoms with Gasteiger partial charge in [-0.2, -0.15) is 0 Å². The number of fused-ring (bicyclic) bond motifs is 1. The third-order valence-electron chi connectivity index (χ3n) is 6.28. The first-order valence-electron chi connectivity index (χ1n) is 12.5. The molecule has 5 nitrogen and oxygen atoms in total. The average Bonchev–Trinajstić information content (AvgIpc) is 3.18. The Morgan fingerprint density at radius 1 is 1.15 bits per heavy atom. The lowest BCUT2D eigenvalue weighted by Gasteiger charge is -2.23. The fourth-order valence-corrected chi connectivity index (χ4v) is 5.97. The van der Waals surface area contributed by atoms with Gasteiger partial charge in [0.2, 0.25) is 0 Å². The van der Waals surface area contributed by atoms with Crippen molar-refractivity contribution in [2.45, 2.75) is 90.7 Å². The number of thiophene rings is 1. The predicted molar refractivity (Wildman–Crippen MR) is 136 cm³/mol. The second kappa shape index (κ2) is 11.2. The maximum absolute atomic E-state index is 13.3. The Kier molecular flexibility index (Phi) is 8.07. The van der Waals surface area contributed by atoms with E-state index < -0.39 is 0 Å². The SMILES string of the molecule is CCOc1cc(C=Nc2sc3c(c2C(=O)NC2CCCCC2)CCCC3)ccc1OC(C)C. The van der Waals surface area contributed by atoms with Gasteiger partial charge < -0.3 is 14.8 Å². The Morgan fingerprint density at radius 3 is 2.70 bits per heavy atom. The Morgan fingerprint density at radius 2 is 1.94 bits per heavy atom. The van der Waals surface area contributed by atoms with Crippen LogP contribution in [0.5, 0.6) is 11.5 Å². The first-order chi connectivity index (χ1) is 16.0. The lowest BCUT2D eigenvalue weighted by Crippen LogP contribution is -2.36. The fourth-order valence-electron chi connectivity index (χ4n) is 4.74. The van der Waals surface area contributed by atoms with Crippen molar-refractivity contribution in [3.05, 3.63) is 39.8 Å². The van der Waals surface area contributed by atoms with Gasteiger partial charge in [-0.3, -0.25) is 4.79 Å². The standard InChI is InChI=1S/C27H36N2O3S/c1-4-31-23-16-19(14-15-22(23)32-18(2)3)17-28-27-25(21-12-8-9-13-24(21)33-27)26(30)29-20-10-6-5-7-11-20/h14-18,20H,4-13H2,1-3H3,(H,29,30).